The second-order valence-corrected chi connectivity index (χ2v) is 11.0. The highest BCUT2D eigenvalue weighted by Crippen LogP contribution is 2.17. The van der Waals surface area contributed by atoms with Gasteiger partial charge in [-0.05, 0) is 23.6 Å². The van der Waals surface area contributed by atoms with Crippen LogP contribution in [0, 0.1) is 0 Å². The van der Waals surface area contributed by atoms with Crippen molar-refractivity contribution in [3.63, 3.8) is 0 Å². The topological polar surface area (TPSA) is 17.1 Å². The normalized spacial score (nSPS) is 11.9. The minimum absolute atomic E-state index is 0.154. The molecule has 0 spiro atoms. The van der Waals surface area contributed by atoms with E-state index in [1.165, 1.54) is 0 Å². The van der Waals surface area contributed by atoms with Crippen LogP contribution < -0.4 is 0 Å². The van der Waals surface area contributed by atoms with E-state index in [1.807, 2.05) is 23.6 Å². The predicted octanol–water partition coefficient (Wildman–Crippen LogP) is 4.15. The van der Waals surface area contributed by atoms with Crippen LogP contribution in [0.4, 0.5) is 0 Å². The fourth-order valence-electron chi connectivity index (χ4n) is 1.10. The van der Waals surface area contributed by atoms with Crippen LogP contribution in [0.3, 0.4) is 0 Å². The Morgan fingerprint density at radius 2 is 2.19 bits per heavy atom. The number of carbonyl (C=O) groups is 1. The second kappa shape index (κ2) is 5.41. The average molecular weight is 250 g/mol. The van der Waals surface area contributed by atoms with Gasteiger partial charge in [-0.2, -0.15) is 0 Å². The maximum Gasteiger partial charge on any atom is 0.159 e. The molecule has 3 heteroatoms. The van der Waals surface area contributed by atoms with E-state index >= 15 is 0 Å². The van der Waals surface area contributed by atoms with Gasteiger partial charge in [0.15, 0.2) is 5.78 Å². The summed E-state index contributed by atoms with van der Waals surface area (Å²) < 4.78 is 0. The van der Waals surface area contributed by atoms with Gasteiger partial charge in [-0.15, -0.1) is 17.9 Å². The molecule has 0 saturated heterocycles. The third kappa shape index (κ3) is 4.29. The standard InChI is InChI=1S/C13H18OSSi/c1-11(16(2,3)4)10-12(14)7-8-13-6-5-9-15-13/h5-9H,1,10H2,2-4H3/b8-7+. The lowest BCUT2D eigenvalue weighted by atomic mass is 10.2. The molecule has 0 saturated carbocycles. The van der Waals surface area contributed by atoms with E-state index < -0.39 is 8.07 Å². The first-order chi connectivity index (χ1) is 7.39. The summed E-state index contributed by atoms with van der Waals surface area (Å²) in [6, 6.07) is 3.98. The molecular weight excluding hydrogens is 232 g/mol. The van der Waals surface area contributed by atoms with Crippen LogP contribution in [0.25, 0.3) is 6.08 Å². The van der Waals surface area contributed by atoms with Crippen molar-refractivity contribution in [1.29, 1.82) is 0 Å². The predicted molar refractivity (Wildman–Crippen MR) is 75.5 cm³/mol. The lowest BCUT2D eigenvalue weighted by Crippen LogP contribution is -2.24. The highest BCUT2D eigenvalue weighted by molar-refractivity contribution is 7.10. The number of thiophene rings is 1. The summed E-state index contributed by atoms with van der Waals surface area (Å²) >= 11 is 1.64. The zero-order valence-electron chi connectivity index (χ0n) is 10.1. The fourth-order valence-corrected chi connectivity index (χ4v) is 2.42. The molecule has 16 heavy (non-hydrogen) atoms. The van der Waals surface area contributed by atoms with Crippen LogP contribution in [0.15, 0.2) is 35.4 Å². The second-order valence-electron chi connectivity index (χ2n) is 4.85. The zero-order valence-corrected chi connectivity index (χ0v) is 11.9. The summed E-state index contributed by atoms with van der Waals surface area (Å²) in [7, 11) is -1.37. The molecule has 0 aliphatic heterocycles. The molecule has 0 aliphatic carbocycles. The average Bonchev–Trinajstić information content (AvgIpc) is 2.65. The van der Waals surface area contributed by atoms with Gasteiger partial charge in [-0.3, -0.25) is 4.79 Å². The molecule has 0 amide bonds. The smallest absolute Gasteiger partial charge is 0.159 e. The Balaban J connectivity index is 2.52. The van der Waals surface area contributed by atoms with E-state index in [4.69, 9.17) is 0 Å². The van der Waals surface area contributed by atoms with Gasteiger partial charge in [-0.25, -0.2) is 0 Å². The minimum atomic E-state index is -1.37. The van der Waals surface area contributed by atoms with Crippen LogP contribution in [0.2, 0.25) is 19.6 Å². The fraction of sp³-hybridized carbons (Fsp3) is 0.308. The molecule has 1 nitrogen and oxygen atoms in total. The van der Waals surface area contributed by atoms with E-state index in [2.05, 4.69) is 26.2 Å². The highest BCUT2D eigenvalue weighted by atomic mass is 32.1. The number of ketones is 1. The molecule has 1 aromatic rings. The summed E-state index contributed by atoms with van der Waals surface area (Å²) in [5, 5.41) is 3.12. The Morgan fingerprint density at radius 1 is 1.50 bits per heavy atom. The van der Waals surface area contributed by atoms with Crippen molar-refractivity contribution < 1.29 is 4.79 Å². The van der Waals surface area contributed by atoms with Crippen molar-refractivity contribution >= 4 is 31.3 Å². The lowest BCUT2D eigenvalue weighted by molar-refractivity contribution is -0.113. The third-order valence-corrected chi connectivity index (χ3v) is 5.56. The van der Waals surface area contributed by atoms with Crippen LogP contribution in [-0.4, -0.2) is 13.9 Å². The summed E-state index contributed by atoms with van der Waals surface area (Å²) in [4.78, 5) is 12.8. The van der Waals surface area contributed by atoms with Crippen molar-refractivity contribution in [2.24, 2.45) is 0 Å². The number of rotatable bonds is 5. The molecule has 0 aromatic carbocycles. The molecule has 1 aromatic heterocycles. The van der Waals surface area contributed by atoms with Crippen LogP contribution >= 0.6 is 11.3 Å². The summed E-state index contributed by atoms with van der Waals surface area (Å²) in [6.07, 6.45) is 4.04. The van der Waals surface area contributed by atoms with E-state index in [0.717, 1.165) is 10.1 Å². The molecule has 0 bridgehead atoms. The quantitative estimate of drug-likeness (QED) is 0.566. The number of hydrogen-bond acceptors (Lipinski definition) is 2. The maximum atomic E-state index is 11.7. The molecule has 0 aliphatic rings. The summed E-state index contributed by atoms with van der Waals surface area (Å²) in [6.45, 7) is 10.7. The molecule has 1 heterocycles. The van der Waals surface area contributed by atoms with Gasteiger partial charge >= 0.3 is 0 Å². The van der Waals surface area contributed by atoms with Crippen molar-refractivity contribution in [1.82, 2.24) is 0 Å². The molecule has 0 N–H and O–H groups in total. The van der Waals surface area contributed by atoms with Crippen LogP contribution in [-0.2, 0) is 4.79 Å². The molecule has 0 fully saturated rings. The molecule has 86 valence electrons. The Kier molecular flexibility index (Phi) is 4.44. The Hall–Kier alpha value is -0.933. The Labute approximate surface area is 103 Å². The number of carbonyl (C=O) groups excluding carboxylic acids is 1. The number of hydrogen-bond donors (Lipinski definition) is 0. The van der Waals surface area contributed by atoms with Crippen molar-refractivity contribution in [3.05, 3.63) is 40.2 Å². The molecule has 1 rings (SSSR count). The van der Waals surface area contributed by atoms with E-state index in [-0.39, 0.29) is 5.78 Å². The monoisotopic (exact) mass is 250 g/mol. The maximum absolute atomic E-state index is 11.7. The van der Waals surface area contributed by atoms with E-state index in [0.29, 0.717) is 6.42 Å². The minimum Gasteiger partial charge on any atom is -0.295 e. The van der Waals surface area contributed by atoms with Gasteiger partial charge in [0.1, 0.15) is 0 Å². The summed E-state index contributed by atoms with van der Waals surface area (Å²) in [5.41, 5.74) is 0. The zero-order chi connectivity index (χ0) is 12.2. The van der Waals surface area contributed by atoms with Gasteiger partial charge < -0.3 is 0 Å². The number of allylic oxidation sites excluding steroid dienone is 2. The van der Waals surface area contributed by atoms with Gasteiger partial charge in [0.25, 0.3) is 0 Å². The molecule has 0 unspecified atom stereocenters. The molecular formula is C13H18OSSi. The Bertz CT molecular complexity index is 396. The van der Waals surface area contributed by atoms with E-state index in [9.17, 15) is 4.79 Å². The third-order valence-electron chi connectivity index (χ3n) is 2.42. The Morgan fingerprint density at radius 3 is 2.69 bits per heavy atom. The van der Waals surface area contributed by atoms with Gasteiger partial charge in [0.05, 0.1) is 8.07 Å². The van der Waals surface area contributed by atoms with Crippen LogP contribution in [0.5, 0.6) is 0 Å². The van der Waals surface area contributed by atoms with Crippen molar-refractivity contribution in [2.75, 3.05) is 0 Å². The van der Waals surface area contributed by atoms with E-state index in [1.54, 1.807) is 17.4 Å². The van der Waals surface area contributed by atoms with Crippen LogP contribution in [0.1, 0.15) is 11.3 Å². The van der Waals surface area contributed by atoms with Gasteiger partial charge in [0, 0.05) is 11.3 Å². The first-order valence-electron chi connectivity index (χ1n) is 5.32. The lowest BCUT2D eigenvalue weighted by Gasteiger charge is -2.18. The summed E-state index contributed by atoms with van der Waals surface area (Å²) in [5.74, 6) is 0.154. The molecule has 0 atom stereocenters. The first-order valence-corrected chi connectivity index (χ1v) is 9.70. The van der Waals surface area contributed by atoms with Gasteiger partial charge in [0.2, 0.25) is 0 Å². The first kappa shape index (κ1) is 13.1. The highest BCUT2D eigenvalue weighted by Gasteiger charge is 2.18. The van der Waals surface area contributed by atoms with Crippen molar-refractivity contribution in [3.8, 4) is 0 Å². The largest absolute Gasteiger partial charge is 0.295 e. The van der Waals surface area contributed by atoms with Gasteiger partial charge in [-0.1, -0.05) is 30.9 Å². The van der Waals surface area contributed by atoms with Crippen molar-refractivity contribution in [2.45, 2.75) is 26.1 Å². The molecule has 0 radical (unpaired) electrons. The SMILES string of the molecule is C=C(CC(=O)/C=C/c1cccs1)[Si](C)(C)C.